The summed E-state index contributed by atoms with van der Waals surface area (Å²) in [6, 6.07) is 15.3. The molecule has 2 rings (SSSR count). The molecule has 1 unspecified atom stereocenters. The molecule has 0 fully saturated rings. The second kappa shape index (κ2) is 8.67. The highest BCUT2D eigenvalue weighted by molar-refractivity contribution is 14.1. The summed E-state index contributed by atoms with van der Waals surface area (Å²) in [6.07, 6.45) is 2.13. The molecule has 116 valence electrons. The molecular formula is C18H18BrIO2. The minimum atomic E-state index is -0.359. The first-order chi connectivity index (χ1) is 10.6. The van der Waals surface area contributed by atoms with E-state index in [2.05, 4.69) is 45.4 Å². The Balaban J connectivity index is 2.11. The molecule has 0 aromatic heterocycles. The van der Waals surface area contributed by atoms with Crippen molar-refractivity contribution >= 4 is 44.3 Å². The van der Waals surface area contributed by atoms with E-state index in [1.54, 1.807) is 0 Å². The second-order valence-corrected chi connectivity index (χ2v) is 7.17. The Morgan fingerprint density at radius 3 is 2.64 bits per heavy atom. The number of ketones is 1. The van der Waals surface area contributed by atoms with Crippen molar-refractivity contribution in [3.8, 4) is 5.75 Å². The summed E-state index contributed by atoms with van der Waals surface area (Å²) in [5.41, 5.74) is 1.62. The van der Waals surface area contributed by atoms with Crippen LogP contribution >= 0.6 is 38.5 Å². The molecule has 2 aromatic rings. The van der Waals surface area contributed by atoms with Gasteiger partial charge in [0.05, 0.1) is 6.61 Å². The molecule has 0 amide bonds. The van der Waals surface area contributed by atoms with E-state index in [1.165, 1.54) is 0 Å². The lowest BCUT2D eigenvalue weighted by molar-refractivity contribution is 0.0991. The highest BCUT2D eigenvalue weighted by Crippen LogP contribution is 2.29. The molecule has 4 heteroatoms. The molecule has 0 spiro atoms. The Kier molecular flexibility index (Phi) is 6.89. The summed E-state index contributed by atoms with van der Waals surface area (Å²) in [5, 5.41) is 0. The Bertz CT molecular complexity index is 625. The van der Waals surface area contributed by atoms with Gasteiger partial charge in [0, 0.05) is 9.13 Å². The molecule has 0 heterocycles. The number of carbonyl (C=O) groups excluding carboxylic acids is 1. The molecule has 0 saturated carbocycles. The van der Waals surface area contributed by atoms with Crippen LogP contribution in [0.5, 0.6) is 5.75 Å². The maximum atomic E-state index is 12.5. The SMILES string of the molecule is CCCCOc1cccc(C(Br)C(=O)c2ccc(I)cc2)c1. The normalized spacial score (nSPS) is 12.0. The summed E-state index contributed by atoms with van der Waals surface area (Å²) >= 11 is 5.75. The molecule has 22 heavy (non-hydrogen) atoms. The van der Waals surface area contributed by atoms with Crippen LogP contribution in [0.4, 0.5) is 0 Å². The third-order valence-electron chi connectivity index (χ3n) is 3.28. The molecule has 2 aromatic carbocycles. The van der Waals surface area contributed by atoms with Crippen LogP contribution in [-0.4, -0.2) is 12.4 Å². The molecule has 2 nitrogen and oxygen atoms in total. The van der Waals surface area contributed by atoms with Gasteiger partial charge in [-0.15, -0.1) is 0 Å². The molecule has 0 aliphatic heterocycles. The van der Waals surface area contributed by atoms with Gasteiger partial charge in [-0.3, -0.25) is 4.79 Å². The zero-order valence-corrected chi connectivity index (χ0v) is 16.1. The van der Waals surface area contributed by atoms with Crippen LogP contribution in [0.2, 0.25) is 0 Å². The Morgan fingerprint density at radius 2 is 1.95 bits per heavy atom. The first-order valence-electron chi connectivity index (χ1n) is 7.28. The lowest BCUT2D eigenvalue weighted by Gasteiger charge is -2.12. The van der Waals surface area contributed by atoms with Crippen LogP contribution in [0.15, 0.2) is 48.5 Å². The van der Waals surface area contributed by atoms with Gasteiger partial charge in [-0.05, 0) is 58.8 Å². The average molecular weight is 473 g/mol. The van der Waals surface area contributed by atoms with Crippen LogP contribution in [0, 0.1) is 3.57 Å². The highest BCUT2D eigenvalue weighted by Gasteiger charge is 2.19. The average Bonchev–Trinajstić information content (AvgIpc) is 2.55. The van der Waals surface area contributed by atoms with Gasteiger partial charge in [-0.2, -0.15) is 0 Å². The fraction of sp³-hybridized carbons (Fsp3) is 0.278. The van der Waals surface area contributed by atoms with Gasteiger partial charge in [0.25, 0.3) is 0 Å². The summed E-state index contributed by atoms with van der Waals surface area (Å²) in [4.78, 5) is 12.2. The van der Waals surface area contributed by atoms with Crippen LogP contribution in [0.1, 0.15) is 40.5 Å². The topological polar surface area (TPSA) is 26.3 Å². The smallest absolute Gasteiger partial charge is 0.180 e. The standard InChI is InChI=1S/C18H18BrIO2/c1-2-3-11-22-16-6-4-5-14(12-16)17(19)18(21)13-7-9-15(20)10-8-13/h4-10,12,17H,2-3,11H2,1H3. The number of hydrogen-bond acceptors (Lipinski definition) is 2. The largest absolute Gasteiger partial charge is 0.494 e. The molecule has 0 saturated heterocycles. The quantitative estimate of drug-likeness (QED) is 0.220. The molecule has 0 bridgehead atoms. The van der Waals surface area contributed by atoms with Crippen molar-refractivity contribution in [2.75, 3.05) is 6.61 Å². The maximum Gasteiger partial charge on any atom is 0.180 e. The monoisotopic (exact) mass is 472 g/mol. The fourth-order valence-electron chi connectivity index (χ4n) is 2.01. The molecule has 0 radical (unpaired) electrons. The van der Waals surface area contributed by atoms with Crippen LogP contribution in [0.3, 0.4) is 0 Å². The van der Waals surface area contributed by atoms with Gasteiger partial charge in [-0.25, -0.2) is 0 Å². The lowest BCUT2D eigenvalue weighted by atomic mass is 10.0. The van der Waals surface area contributed by atoms with Crippen LogP contribution < -0.4 is 4.74 Å². The first-order valence-corrected chi connectivity index (χ1v) is 9.28. The maximum absolute atomic E-state index is 12.5. The van der Waals surface area contributed by atoms with Crippen molar-refractivity contribution < 1.29 is 9.53 Å². The molecular weight excluding hydrogens is 455 g/mol. The number of carbonyl (C=O) groups is 1. The number of hydrogen-bond donors (Lipinski definition) is 0. The van der Waals surface area contributed by atoms with E-state index in [1.807, 2.05) is 48.5 Å². The minimum absolute atomic E-state index is 0.0575. The van der Waals surface area contributed by atoms with E-state index in [-0.39, 0.29) is 10.6 Å². The van der Waals surface area contributed by atoms with Crippen LogP contribution in [0.25, 0.3) is 0 Å². The Hall–Kier alpha value is -0.880. The summed E-state index contributed by atoms with van der Waals surface area (Å²) in [6.45, 7) is 2.84. The summed E-state index contributed by atoms with van der Waals surface area (Å²) in [5.74, 6) is 0.868. The highest BCUT2D eigenvalue weighted by atomic mass is 127. The van der Waals surface area contributed by atoms with Crippen molar-refractivity contribution in [2.45, 2.75) is 24.6 Å². The van der Waals surface area contributed by atoms with Crippen molar-refractivity contribution in [3.63, 3.8) is 0 Å². The van der Waals surface area contributed by atoms with Crippen molar-refractivity contribution in [1.29, 1.82) is 0 Å². The van der Waals surface area contributed by atoms with Crippen molar-refractivity contribution in [2.24, 2.45) is 0 Å². The van der Waals surface area contributed by atoms with E-state index >= 15 is 0 Å². The lowest BCUT2D eigenvalue weighted by Crippen LogP contribution is -2.07. The first kappa shape index (κ1) is 17.5. The second-order valence-electron chi connectivity index (χ2n) is 5.01. The number of halogens is 2. The number of rotatable bonds is 7. The van der Waals surface area contributed by atoms with E-state index in [0.717, 1.165) is 27.7 Å². The van der Waals surface area contributed by atoms with Gasteiger partial charge in [0.15, 0.2) is 5.78 Å². The number of alkyl halides is 1. The molecule has 0 aliphatic carbocycles. The van der Waals surface area contributed by atoms with Gasteiger partial charge in [0.1, 0.15) is 10.6 Å². The third kappa shape index (κ3) is 4.81. The fourth-order valence-corrected chi connectivity index (χ4v) is 2.92. The van der Waals surface area contributed by atoms with Crippen LogP contribution in [-0.2, 0) is 0 Å². The van der Waals surface area contributed by atoms with Gasteiger partial charge < -0.3 is 4.74 Å². The Labute approximate surface area is 153 Å². The third-order valence-corrected chi connectivity index (χ3v) is 4.94. The number of benzene rings is 2. The van der Waals surface area contributed by atoms with Gasteiger partial charge in [-0.1, -0.05) is 53.5 Å². The summed E-state index contributed by atoms with van der Waals surface area (Å²) in [7, 11) is 0. The number of Topliss-reactive ketones (excluding diaryl/α,β-unsaturated/α-hetero) is 1. The van der Waals surface area contributed by atoms with Crippen molar-refractivity contribution in [3.05, 3.63) is 63.2 Å². The minimum Gasteiger partial charge on any atom is -0.494 e. The molecule has 0 N–H and O–H groups in total. The van der Waals surface area contributed by atoms with E-state index in [9.17, 15) is 4.79 Å². The predicted octanol–water partition coefficient (Wildman–Crippen LogP) is 5.79. The number of ether oxygens (including phenoxy) is 1. The van der Waals surface area contributed by atoms with Gasteiger partial charge >= 0.3 is 0 Å². The molecule has 0 aliphatic rings. The van der Waals surface area contributed by atoms with Gasteiger partial charge in [0.2, 0.25) is 0 Å². The van der Waals surface area contributed by atoms with E-state index in [4.69, 9.17) is 4.74 Å². The molecule has 1 atom stereocenters. The zero-order valence-electron chi connectivity index (χ0n) is 12.4. The van der Waals surface area contributed by atoms with E-state index < -0.39 is 0 Å². The number of unbranched alkanes of at least 4 members (excludes halogenated alkanes) is 1. The Morgan fingerprint density at radius 1 is 1.23 bits per heavy atom. The van der Waals surface area contributed by atoms with Crippen molar-refractivity contribution in [1.82, 2.24) is 0 Å². The zero-order chi connectivity index (χ0) is 15.9. The predicted molar refractivity (Wildman–Crippen MR) is 102 cm³/mol. The van der Waals surface area contributed by atoms with E-state index in [0.29, 0.717) is 12.2 Å². The summed E-state index contributed by atoms with van der Waals surface area (Å²) < 4.78 is 6.82.